The molecule has 18 heavy (non-hydrogen) atoms. The first kappa shape index (κ1) is 15.4. The zero-order valence-corrected chi connectivity index (χ0v) is 11.7. The minimum Gasteiger partial charge on any atom is -0.256 e. The van der Waals surface area contributed by atoms with E-state index in [9.17, 15) is 13.2 Å². The van der Waals surface area contributed by atoms with E-state index < -0.39 is 12.2 Å². The Labute approximate surface area is 110 Å². The molecule has 0 bridgehead atoms. The normalized spacial score (nSPS) is 14.0. The standard InChI is InChI=1S/C13H18F3NS/c1-8(17-18-13(2,3)4)10-7-9(12(15)16)5-6-11(10)14/h5-8,12,17H,1-4H3/t8-/m0/s1. The molecule has 0 saturated carbocycles. The van der Waals surface area contributed by atoms with Crippen molar-refractivity contribution in [3.8, 4) is 0 Å². The van der Waals surface area contributed by atoms with Gasteiger partial charge in [-0.2, -0.15) is 0 Å². The third-order valence-corrected chi connectivity index (χ3v) is 3.36. The Balaban J connectivity index is 2.84. The number of nitrogens with one attached hydrogen (secondary N) is 1. The summed E-state index contributed by atoms with van der Waals surface area (Å²) in [5, 5.41) is 0. The molecule has 1 aromatic rings. The van der Waals surface area contributed by atoms with Crippen LogP contribution in [0, 0.1) is 5.82 Å². The molecule has 0 radical (unpaired) electrons. The Hall–Kier alpha value is -0.680. The van der Waals surface area contributed by atoms with E-state index in [4.69, 9.17) is 0 Å². The second-order valence-electron chi connectivity index (χ2n) is 5.14. The van der Waals surface area contributed by atoms with Crippen molar-refractivity contribution < 1.29 is 13.2 Å². The van der Waals surface area contributed by atoms with Gasteiger partial charge in [-0.3, -0.25) is 4.72 Å². The lowest BCUT2D eigenvalue weighted by Gasteiger charge is -2.22. The lowest BCUT2D eigenvalue weighted by molar-refractivity contribution is 0.151. The van der Waals surface area contributed by atoms with Crippen LogP contribution < -0.4 is 4.72 Å². The van der Waals surface area contributed by atoms with Crippen molar-refractivity contribution in [2.24, 2.45) is 0 Å². The summed E-state index contributed by atoms with van der Waals surface area (Å²) in [4.78, 5) is 0. The number of hydrogen-bond donors (Lipinski definition) is 1. The SMILES string of the molecule is C[C@H](NSC(C)(C)C)c1cc(C(F)F)ccc1F. The highest BCUT2D eigenvalue weighted by Gasteiger charge is 2.18. The van der Waals surface area contributed by atoms with Crippen molar-refractivity contribution >= 4 is 11.9 Å². The summed E-state index contributed by atoms with van der Waals surface area (Å²) in [5.41, 5.74) is 0.116. The molecule has 0 saturated heterocycles. The smallest absolute Gasteiger partial charge is 0.256 e. The van der Waals surface area contributed by atoms with Gasteiger partial charge in [0, 0.05) is 21.9 Å². The summed E-state index contributed by atoms with van der Waals surface area (Å²) in [6.07, 6.45) is -2.58. The first-order valence-corrected chi connectivity index (χ1v) is 6.53. The number of benzene rings is 1. The number of rotatable bonds is 4. The maximum absolute atomic E-state index is 13.6. The van der Waals surface area contributed by atoms with Gasteiger partial charge in [0.15, 0.2) is 0 Å². The molecule has 1 nitrogen and oxygen atoms in total. The van der Waals surface area contributed by atoms with Crippen LogP contribution in [0.3, 0.4) is 0 Å². The number of alkyl halides is 2. The fourth-order valence-electron chi connectivity index (χ4n) is 1.36. The molecule has 0 fully saturated rings. The molecule has 1 atom stereocenters. The van der Waals surface area contributed by atoms with Gasteiger partial charge in [0.25, 0.3) is 6.43 Å². The van der Waals surface area contributed by atoms with Gasteiger partial charge < -0.3 is 0 Å². The van der Waals surface area contributed by atoms with E-state index in [2.05, 4.69) is 4.72 Å². The summed E-state index contributed by atoms with van der Waals surface area (Å²) in [6.45, 7) is 7.81. The van der Waals surface area contributed by atoms with Crippen LogP contribution in [0.4, 0.5) is 13.2 Å². The van der Waals surface area contributed by atoms with E-state index in [1.54, 1.807) is 6.92 Å². The number of halogens is 3. The molecule has 1 rings (SSSR count). The van der Waals surface area contributed by atoms with Crippen LogP contribution in [0.2, 0.25) is 0 Å². The minimum atomic E-state index is -2.58. The minimum absolute atomic E-state index is 0.0228. The van der Waals surface area contributed by atoms with E-state index in [0.717, 1.165) is 12.1 Å². The first-order chi connectivity index (χ1) is 8.20. The Kier molecular flexibility index (Phi) is 5.10. The predicted molar refractivity (Wildman–Crippen MR) is 70.3 cm³/mol. The van der Waals surface area contributed by atoms with Gasteiger partial charge in [-0.25, -0.2) is 13.2 Å². The molecular weight excluding hydrogens is 259 g/mol. The summed E-state index contributed by atoms with van der Waals surface area (Å²) >= 11 is 1.46. The average molecular weight is 277 g/mol. The molecule has 0 unspecified atom stereocenters. The molecule has 0 aliphatic heterocycles. The van der Waals surface area contributed by atoms with Crippen molar-refractivity contribution in [2.75, 3.05) is 0 Å². The summed E-state index contributed by atoms with van der Waals surface area (Å²) in [5.74, 6) is -0.464. The Morgan fingerprint density at radius 2 is 1.83 bits per heavy atom. The summed E-state index contributed by atoms with van der Waals surface area (Å²) in [7, 11) is 0. The van der Waals surface area contributed by atoms with Gasteiger partial charge in [0.1, 0.15) is 5.82 Å². The van der Waals surface area contributed by atoms with Gasteiger partial charge in [0.2, 0.25) is 0 Å². The van der Waals surface area contributed by atoms with Crippen LogP contribution in [0.1, 0.15) is 51.3 Å². The highest BCUT2D eigenvalue weighted by molar-refractivity contribution is 7.98. The first-order valence-electron chi connectivity index (χ1n) is 5.72. The summed E-state index contributed by atoms with van der Waals surface area (Å²) < 4.78 is 41.8. The quantitative estimate of drug-likeness (QED) is 0.789. The second kappa shape index (κ2) is 5.97. The maximum Gasteiger partial charge on any atom is 0.263 e. The lowest BCUT2D eigenvalue weighted by Crippen LogP contribution is -2.20. The molecule has 5 heteroatoms. The van der Waals surface area contributed by atoms with Crippen LogP contribution in [-0.2, 0) is 0 Å². The van der Waals surface area contributed by atoms with Gasteiger partial charge in [-0.05, 0) is 39.8 Å². The fraction of sp³-hybridized carbons (Fsp3) is 0.538. The van der Waals surface area contributed by atoms with Crippen LogP contribution in [0.25, 0.3) is 0 Å². The van der Waals surface area contributed by atoms with Crippen molar-refractivity contribution in [1.29, 1.82) is 0 Å². The van der Waals surface area contributed by atoms with Crippen LogP contribution in [-0.4, -0.2) is 4.75 Å². The molecule has 0 aliphatic carbocycles. The van der Waals surface area contributed by atoms with Gasteiger partial charge in [-0.15, -0.1) is 0 Å². The third-order valence-electron chi connectivity index (χ3n) is 2.28. The van der Waals surface area contributed by atoms with Crippen LogP contribution in [0.5, 0.6) is 0 Å². The Morgan fingerprint density at radius 3 is 2.33 bits per heavy atom. The predicted octanol–water partition coefficient (Wildman–Crippen LogP) is 4.86. The molecule has 0 amide bonds. The van der Waals surface area contributed by atoms with Gasteiger partial charge in [0.05, 0.1) is 0 Å². The van der Waals surface area contributed by atoms with Crippen molar-refractivity contribution in [2.45, 2.75) is 44.9 Å². The zero-order valence-electron chi connectivity index (χ0n) is 10.9. The molecule has 102 valence electrons. The second-order valence-corrected chi connectivity index (χ2v) is 6.80. The van der Waals surface area contributed by atoms with Crippen molar-refractivity contribution in [1.82, 2.24) is 4.72 Å². The molecule has 0 aliphatic rings. The topological polar surface area (TPSA) is 12.0 Å². The average Bonchev–Trinajstić information content (AvgIpc) is 2.25. The van der Waals surface area contributed by atoms with Gasteiger partial charge in [-0.1, -0.05) is 18.0 Å². The van der Waals surface area contributed by atoms with E-state index in [1.165, 1.54) is 18.0 Å². The molecule has 0 spiro atoms. The fourth-order valence-corrected chi connectivity index (χ4v) is 2.02. The molecular formula is C13H18F3NS. The van der Waals surface area contributed by atoms with E-state index >= 15 is 0 Å². The van der Waals surface area contributed by atoms with Gasteiger partial charge >= 0.3 is 0 Å². The highest BCUT2D eigenvalue weighted by atomic mass is 32.2. The molecule has 1 aromatic carbocycles. The van der Waals surface area contributed by atoms with E-state index in [0.29, 0.717) is 0 Å². The molecule has 1 N–H and O–H groups in total. The van der Waals surface area contributed by atoms with Crippen LogP contribution in [0.15, 0.2) is 18.2 Å². The summed E-state index contributed by atoms with van der Waals surface area (Å²) in [6, 6.07) is 3.11. The highest BCUT2D eigenvalue weighted by Crippen LogP contribution is 2.28. The Morgan fingerprint density at radius 1 is 1.22 bits per heavy atom. The molecule has 0 heterocycles. The van der Waals surface area contributed by atoms with Crippen molar-refractivity contribution in [3.05, 3.63) is 35.1 Å². The lowest BCUT2D eigenvalue weighted by atomic mass is 10.1. The van der Waals surface area contributed by atoms with Crippen molar-refractivity contribution in [3.63, 3.8) is 0 Å². The Bertz CT molecular complexity index is 402. The number of hydrogen-bond acceptors (Lipinski definition) is 2. The van der Waals surface area contributed by atoms with E-state index in [1.807, 2.05) is 20.8 Å². The largest absolute Gasteiger partial charge is 0.263 e. The molecule has 0 aromatic heterocycles. The van der Waals surface area contributed by atoms with Crippen LogP contribution >= 0.6 is 11.9 Å². The third kappa shape index (κ3) is 4.53. The maximum atomic E-state index is 13.6. The monoisotopic (exact) mass is 277 g/mol. The van der Waals surface area contributed by atoms with E-state index in [-0.39, 0.29) is 21.9 Å². The zero-order chi connectivity index (χ0) is 13.9.